The Morgan fingerprint density at radius 1 is 1.25 bits per heavy atom. The number of nitrogens with zero attached hydrogens (tertiary/aromatic N) is 4. The summed E-state index contributed by atoms with van der Waals surface area (Å²) in [6, 6.07) is 0. The van der Waals surface area contributed by atoms with E-state index in [9.17, 15) is 4.79 Å². The van der Waals surface area contributed by atoms with E-state index in [0.717, 1.165) is 33.1 Å². The van der Waals surface area contributed by atoms with E-state index in [1.54, 1.807) is 17.7 Å². The minimum Gasteiger partial charge on any atom is -0.300 e. The van der Waals surface area contributed by atoms with Crippen LogP contribution in [0, 0.1) is 6.92 Å². The van der Waals surface area contributed by atoms with E-state index in [1.807, 2.05) is 6.92 Å². The van der Waals surface area contributed by atoms with Crippen molar-refractivity contribution in [2.24, 2.45) is 0 Å². The highest BCUT2D eigenvalue weighted by atomic mass is 32.2. The molecule has 0 atom stereocenters. The van der Waals surface area contributed by atoms with Crippen LogP contribution in [0.15, 0.2) is 11.4 Å². The molecule has 0 aromatic carbocycles. The Kier molecular flexibility index (Phi) is 4.47. The van der Waals surface area contributed by atoms with Crippen LogP contribution < -0.4 is 5.32 Å². The molecule has 0 spiro atoms. The van der Waals surface area contributed by atoms with E-state index < -0.39 is 0 Å². The van der Waals surface area contributed by atoms with Crippen molar-refractivity contribution in [3.63, 3.8) is 0 Å². The molecule has 0 unspecified atom stereocenters. The summed E-state index contributed by atoms with van der Waals surface area (Å²) in [4.78, 5) is 23.4. The molecule has 0 aliphatic heterocycles. The minimum atomic E-state index is -0.0907. The Labute approximate surface area is 151 Å². The molecule has 1 N–H and O–H groups in total. The summed E-state index contributed by atoms with van der Waals surface area (Å²) < 4.78 is 0. The fraction of sp³-hybridized carbons (Fsp3) is 0.400. The van der Waals surface area contributed by atoms with Gasteiger partial charge in [0.15, 0.2) is 0 Å². The van der Waals surface area contributed by atoms with Crippen LogP contribution in [0.4, 0.5) is 5.13 Å². The van der Waals surface area contributed by atoms with Gasteiger partial charge in [0.2, 0.25) is 11.0 Å². The molecule has 0 saturated heterocycles. The van der Waals surface area contributed by atoms with Crippen molar-refractivity contribution in [3.8, 4) is 0 Å². The van der Waals surface area contributed by atoms with Crippen molar-refractivity contribution >= 4 is 55.7 Å². The molecule has 4 rings (SSSR count). The van der Waals surface area contributed by atoms with Crippen LogP contribution in [0.1, 0.15) is 28.3 Å². The number of nitrogens with one attached hydrogen (secondary N) is 1. The summed E-state index contributed by atoms with van der Waals surface area (Å²) in [5.74, 6) is 0.210. The van der Waals surface area contributed by atoms with Crippen LogP contribution in [0.25, 0.3) is 10.2 Å². The predicted molar refractivity (Wildman–Crippen MR) is 98.1 cm³/mol. The molecule has 0 bridgehead atoms. The topological polar surface area (TPSA) is 80.7 Å². The lowest BCUT2D eigenvalue weighted by Crippen LogP contribution is -2.14. The van der Waals surface area contributed by atoms with Crippen molar-refractivity contribution in [2.75, 3.05) is 11.1 Å². The summed E-state index contributed by atoms with van der Waals surface area (Å²) in [6.45, 7) is 1.86. The molecule has 3 aromatic heterocycles. The average molecular weight is 378 g/mol. The number of anilines is 1. The summed E-state index contributed by atoms with van der Waals surface area (Å²) in [5.41, 5.74) is 1.39. The number of fused-ring (bicyclic) bond motifs is 3. The molecule has 3 heterocycles. The van der Waals surface area contributed by atoms with Crippen molar-refractivity contribution < 1.29 is 4.79 Å². The number of hydrogen-bond donors (Lipinski definition) is 1. The Hall–Kier alpha value is -1.58. The molecule has 3 aromatic rings. The van der Waals surface area contributed by atoms with Crippen LogP contribution in [0.3, 0.4) is 0 Å². The maximum atomic E-state index is 12.1. The molecule has 9 heteroatoms. The van der Waals surface area contributed by atoms with Crippen LogP contribution >= 0.6 is 34.4 Å². The highest BCUT2D eigenvalue weighted by Gasteiger charge is 2.20. The molecule has 1 aliphatic carbocycles. The smallest absolute Gasteiger partial charge is 0.236 e. The van der Waals surface area contributed by atoms with Crippen LogP contribution in [-0.4, -0.2) is 31.8 Å². The number of amides is 1. The van der Waals surface area contributed by atoms with Gasteiger partial charge in [-0.2, -0.15) is 0 Å². The second kappa shape index (κ2) is 6.73. The lowest BCUT2D eigenvalue weighted by atomic mass is 9.97. The normalized spacial score (nSPS) is 13.9. The number of rotatable bonds is 4. The number of thiophene rings is 1. The van der Waals surface area contributed by atoms with E-state index in [1.165, 1.54) is 46.4 Å². The number of carbonyl (C=O) groups is 1. The molecule has 24 heavy (non-hydrogen) atoms. The number of aryl methyl sites for hydroxylation is 3. The monoisotopic (exact) mass is 377 g/mol. The van der Waals surface area contributed by atoms with Gasteiger partial charge >= 0.3 is 0 Å². The number of aromatic nitrogens is 4. The molecule has 0 fully saturated rings. The maximum Gasteiger partial charge on any atom is 0.236 e. The Morgan fingerprint density at radius 3 is 2.96 bits per heavy atom. The van der Waals surface area contributed by atoms with Crippen LogP contribution in [0.5, 0.6) is 0 Å². The third-order valence-corrected chi connectivity index (χ3v) is 6.77. The zero-order valence-corrected chi connectivity index (χ0v) is 15.5. The number of hydrogen-bond acceptors (Lipinski definition) is 8. The van der Waals surface area contributed by atoms with E-state index in [-0.39, 0.29) is 5.91 Å². The lowest BCUT2D eigenvalue weighted by Gasteiger charge is -2.11. The SMILES string of the molecule is Cc1nnc(NC(=O)CSc2ncnc3sc4c(c23)CCCC4)s1. The van der Waals surface area contributed by atoms with Gasteiger partial charge in [-0.1, -0.05) is 23.1 Å². The molecule has 0 saturated carbocycles. The first-order valence-electron chi connectivity index (χ1n) is 7.68. The summed E-state index contributed by atoms with van der Waals surface area (Å²) in [7, 11) is 0. The van der Waals surface area contributed by atoms with Gasteiger partial charge in [0.25, 0.3) is 0 Å². The first-order valence-corrected chi connectivity index (χ1v) is 10.3. The lowest BCUT2D eigenvalue weighted by molar-refractivity contribution is -0.113. The molecule has 124 valence electrons. The van der Waals surface area contributed by atoms with Gasteiger partial charge in [0.1, 0.15) is 21.2 Å². The maximum absolute atomic E-state index is 12.1. The van der Waals surface area contributed by atoms with Crippen molar-refractivity contribution in [1.82, 2.24) is 20.2 Å². The quantitative estimate of drug-likeness (QED) is 0.554. The minimum absolute atomic E-state index is 0.0907. The van der Waals surface area contributed by atoms with Crippen LogP contribution in [0.2, 0.25) is 0 Å². The average Bonchev–Trinajstić information content (AvgIpc) is 3.16. The number of carbonyl (C=O) groups excluding carboxylic acids is 1. The van der Waals surface area contributed by atoms with Gasteiger partial charge in [-0.15, -0.1) is 21.5 Å². The predicted octanol–water partition coefficient (Wildman–Crippen LogP) is 3.46. The van der Waals surface area contributed by atoms with Gasteiger partial charge in [-0.05, 0) is 38.2 Å². The molecule has 0 radical (unpaired) electrons. The zero-order valence-electron chi connectivity index (χ0n) is 13.0. The highest BCUT2D eigenvalue weighted by molar-refractivity contribution is 8.00. The summed E-state index contributed by atoms with van der Waals surface area (Å²) >= 11 is 4.61. The summed E-state index contributed by atoms with van der Waals surface area (Å²) in [5, 5.41) is 14.0. The van der Waals surface area contributed by atoms with E-state index in [0.29, 0.717) is 10.9 Å². The van der Waals surface area contributed by atoms with E-state index in [2.05, 4.69) is 25.5 Å². The van der Waals surface area contributed by atoms with Crippen molar-refractivity contribution in [3.05, 3.63) is 21.8 Å². The first-order chi connectivity index (χ1) is 11.7. The van der Waals surface area contributed by atoms with Crippen LogP contribution in [-0.2, 0) is 17.6 Å². The fourth-order valence-corrected chi connectivity index (χ4v) is 5.53. The van der Waals surface area contributed by atoms with Gasteiger partial charge in [0, 0.05) is 10.3 Å². The molecular formula is C15H15N5OS3. The third kappa shape index (κ3) is 3.15. The van der Waals surface area contributed by atoms with Gasteiger partial charge in [-0.25, -0.2) is 9.97 Å². The second-order valence-corrected chi connectivity index (χ2v) is 8.76. The first kappa shape index (κ1) is 15.9. The highest BCUT2D eigenvalue weighted by Crippen LogP contribution is 2.39. The van der Waals surface area contributed by atoms with Crippen molar-refractivity contribution in [1.29, 1.82) is 0 Å². The van der Waals surface area contributed by atoms with E-state index >= 15 is 0 Å². The third-order valence-electron chi connectivity index (χ3n) is 3.83. The van der Waals surface area contributed by atoms with E-state index in [4.69, 9.17) is 0 Å². The van der Waals surface area contributed by atoms with Crippen molar-refractivity contribution in [2.45, 2.75) is 37.6 Å². The number of thioether (sulfide) groups is 1. The standard InChI is InChI=1S/C15H15N5OS3/c1-8-19-20-15(23-8)18-11(21)6-22-13-12-9-4-2-3-5-10(9)24-14(12)17-7-16-13/h7H,2-6H2,1H3,(H,18,20,21). The Balaban J connectivity index is 1.52. The Bertz CT molecular complexity index is 904. The molecule has 1 aliphatic rings. The van der Waals surface area contributed by atoms with Gasteiger partial charge < -0.3 is 0 Å². The summed E-state index contributed by atoms with van der Waals surface area (Å²) in [6.07, 6.45) is 6.29. The van der Waals surface area contributed by atoms with Gasteiger partial charge in [0.05, 0.1) is 5.75 Å². The second-order valence-electron chi connectivity index (χ2n) is 5.53. The largest absolute Gasteiger partial charge is 0.300 e. The zero-order chi connectivity index (χ0) is 16.5. The van der Waals surface area contributed by atoms with Gasteiger partial charge in [-0.3, -0.25) is 10.1 Å². The fourth-order valence-electron chi connectivity index (χ4n) is 2.81. The Morgan fingerprint density at radius 2 is 2.12 bits per heavy atom. The molecular weight excluding hydrogens is 362 g/mol. The molecule has 6 nitrogen and oxygen atoms in total. The molecule has 1 amide bonds.